The minimum Gasteiger partial charge on any atom is -0.346 e. The first-order chi connectivity index (χ1) is 13.3. The summed E-state index contributed by atoms with van der Waals surface area (Å²) in [7, 11) is 0. The molecule has 140 valence electrons. The molecule has 2 fully saturated rings. The monoisotopic (exact) mass is 362 g/mol. The summed E-state index contributed by atoms with van der Waals surface area (Å²) < 4.78 is 0. The molecule has 0 atom stereocenters. The van der Waals surface area contributed by atoms with Crippen molar-refractivity contribution in [2.24, 2.45) is 5.92 Å². The molecule has 0 spiro atoms. The lowest BCUT2D eigenvalue weighted by molar-refractivity contribution is -0.123. The van der Waals surface area contributed by atoms with Crippen LogP contribution in [0, 0.1) is 5.92 Å². The van der Waals surface area contributed by atoms with Crippen molar-refractivity contribution in [3.63, 3.8) is 0 Å². The Morgan fingerprint density at radius 1 is 1.11 bits per heavy atom. The third-order valence-corrected chi connectivity index (χ3v) is 6.62. The van der Waals surface area contributed by atoms with Crippen LogP contribution in [-0.4, -0.2) is 33.3 Å². The normalized spacial score (nSPS) is 23.6. The van der Waals surface area contributed by atoms with Crippen molar-refractivity contribution < 1.29 is 4.79 Å². The van der Waals surface area contributed by atoms with E-state index in [0.29, 0.717) is 24.3 Å². The number of carbonyl (C=O) groups excluding carboxylic acids is 1. The Bertz CT molecular complexity index is 967. The molecule has 0 radical (unpaired) electrons. The quantitative estimate of drug-likeness (QED) is 0.717. The molecule has 27 heavy (non-hydrogen) atoms. The fourth-order valence-corrected chi connectivity index (χ4v) is 4.75. The van der Waals surface area contributed by atoms with Crippen LogP contribution in [0.5, 0.6) is 0 Å². The number of aromatic amines is 1. The Hall–Kier alpha value is -2.27. The maximum atomic E-state index is 12.6. The van der Waals surface area contributed by atoms with E-state index in [-0.39, 0.29) is 5.92 Å². The van der Waals surface area contributed by atoms with E-state index in [2.05, 4.69) is 32.4 Å². The van der Waals surface area contributed by atoms with Gasteiger partial charge in [-0.05, 0) is 62.1 Å². The van der Waals surface area contributed by atoms with E-state index in [1.807, 2.05) is 18.6 Å². The summed E-state index contributed by atoms with van der Waals surface area (Å²) >= 11 is 0. The molecule has 2 aliphatic rings. The van der Waals surface area contributed by atoms with Crippen LogP contribution in [0.1, 0.15) is 56.4 Å². The third kappa shape index (κ3) is 3.14. The van der Waals surface area contributed by atoms with Gasteiger partial charge < -0.3 is 10.3 Å². The highest BCUT2D eigenvalue weighted by atomic mass is 16.1. The SMILES string of the molecule is O=C(CNC1CCC1)C1CCC(c2ccnc3cnc4[nH]ccc4c23)CC1. The standard InChI is InChI=1S/C22H26N4O/c27-20(13-25-16-2-1-3-16)15-6-4-14(5-7-15)17-8-10-23-19-12-26-22-18(21(17)19)9-11-24-22/h8-12,14-16,25H,1-7,13H2,(H,24,26). The van der Waals surface area contributed by atoms with Crippen LogP contribution in [0.2, 0.25) is 0 Å². The lowest BCUT2D eigenvalue weighted by Gasteiger charge is -2.30. The molecular weight excluding hydrogens is 336 g/mol. The number of H-pyrrole nitrogens is 1. The zero-order chi connectivity index (χ0) is 18.2. The zero-order valence-corrected chi connectivity index (χ0v) is 15.6. The van der Waals surface area contributed by atoms with Crippen LogP contribution in [0.15, 0.2) is 30.7 Å². The van der Waals surface area contributed by atoms with Crippen molar-refractivity contribution >= 4 is 27.7 Å². The van der Waals surface area contributed by atoms with Crippen LogP contribution in [0.3, 0.4) is 0 Å². The van der Waals surface area contributed by atoms with Crippen LogP contribution in [0.4, 0.5) is 0 Å². The summed E-state index contributed by atoms with van der Waals surface area (Å²) in [5.41, 5.74) is 3.25. The summed E-state index contributed by atoms with van der Waals surface area (Å²) in [5, 5.41) is 5.81. The van der Waals surface area contributed by atoms with E-state index in [1.54, 1.807) is 0 Å². The molecule has 3 aromatic rings. The molecule has 0 aliphatic heterocycles. The number of aromatic nitrogens is 3. The van der Waals surface area contributed by atoms with Crippen LogP contribution >= 0.6 is 0 Å². The van der Waals surface area contributed by atoms with Crippen molar-refractivity contribution in [2.45, 2.75) is 56.9 Å². The number of hydrogen-bond acceptors (Lipinski definition) is 4. The molecule has 0 saturated heterocycles. The number of nitrogens with one attached hydrogen (secondary N) is 2. The number of nitrogens with zero attached hydrogens (tertiary/aromatic N) is 2. The van der Waals surface area contributed by atoms with E-state index in [4.69, 9.17) is 0 Å². The van der Waals surface area contributed by atoms with Crippen molar-refractivity contribution in [3.05, 3.63) is 36.3 Å². The smallest absolute Gasteiger partial charge is 0.149 e. The number of Topliss-reactive ketones (excluding diaryl/α,β-unsaturated/α-hetero) is 1. The number of fused-ring (bicyclic) bond motifs is 3. The van der Waals surface area contributed by atoms with E-state index in [1.165, 1.54) is 30.2 Å². The molecule has 2 saturated carbocycles. The number of hydrogen-bond donors (Lipinski definition) is 2. The van der Waals surface area contributed by atoms with Gasteiger partial charge in [-0.1, -0.05) is 6.42 Å². The molecule has 3 heterocycles. The van der Waals surface area contributed by atoms with E-state index in [0.717, 1.165) is 42.2 Å². The van der Waals surface area contributed by atoms with Crippen molar-refractivity contribution in [3.8, 4) is 0 Å². The highest BCUT2D eigenvalue weighted by Gasteiger charge is 2.29. The lowest BCUT2D eigenvalue weighted by atomic mass is 9.76. The van der Waals surface area contributed by atoms with Gasteiger partial charge in [0.15, 0.2) is 0 Å². The first kappa shape index (κ1) is 16.9. The first-order valence-corrected chi connectivity index (χ1v) is 10.3. The second kappa shape index (κ2) is 7.04. The van der Waals surface area contributed by atoms with Crippen molar-refractivity contribution in [2.75, 3.05) is 6.54 Å². The van der Waals surface area contributed by atoms with Gasteiger partial charge in [0.2, 0.25) is 0 Å². The molecule has 5 heteroatoms. The summed E-state index contributed by atoms with van der Waals surface area (Å²) in [6.07, 6.45) is 13.6. The Morgan fingerprint density at radius 3 is 2.74 bits per heavy atom. The molecular formula is C22H26N4O. The molecule has 3 aromatic heterocycles. The van der Waals surface area contributed by atoms with E-state index in [9.17, 15) is 4.79 Å². The Morgan fingerprint density at radius 2 is 1.96 bits per heavy atom. The van der Waals surface area contributed by atoms with Gasteiger partial charge in [0, 0.05) is 35.1 Å². The largest absolute Gasteiger partial charge is 0.346 e. The zero-order valence-electron chi connectivity index (χ0n) is 15.6. The predicted octanol–water partition coefficient (Wildman–Crippen LogP) is 4.10. The number of rotatable bonds is 5. The van der Waals surface area contributed by atoms with Gasteiger partial charge in [-0.25, -0.2) is 4.98 Å². The van der Waals surface area contributed by atoms with E-state index >= 15 is 0 Å². The Balaban J connectivity index is 1.32. The van der Waals surface area contributed by atoms with Crippen LogP contribution in [0.25, 0.3) is 21.9 Å². The molecule has 2 aliphatic carbocycles. The third-order valence-electron chi connectivity index (χ3n) is 6.62. The minimum absolute atomic E-state index is 0.232. The Labute approximate surface area is 159 Å². The summed E-state index contributed by atoms with van der Waals surface area (Å²) in [5.74, 6) is 1.15. The average molecular weight is 362 g/mol. The van der Waals surface area contributed by atoms with Crippen molar-refractivity contribution in [1.29, 1.82) is 0 Å². The first-order valence-electron chi connectivity index (χ1n) is 10.3. The van der Waals surface area contributed by atoms with Crippen LogP contribution in [-0.2, 0) is 4.79 Å². The predicted molar refractivity (Wildman–Crippen MR) is 107 cm³/mol. The molecule has 0 unspecified atom stereocenters. The maximum absolute atomic E-state index is 12.6. The molecule has 5 rings (SSSR count). The van der Waals surface area contributed by atoms with Gasteiger partial charge in [0.1, 0.15) is 11.4 Å². The number of pyridine rings is 2. The number of carbonyl (C=O) groups is 1. The van der Waals surface area contributed by atoms with Crippen LogP contribution < -0.4 is 5.32 Å². The molecule has 0 amide bonds. The van der Waals surface area contributed by atoms with Gasteiger partial charge in [-0.3, -0.25) is 9.78 Å². The second-order valence-electron chi connectivity index (χ2n) is 8.18. The van der Waals surface area contributed by atoms with Crippen molar-refractivity contribution in [1.82, 2.24) is 20.3 Å². The average Bonchev–Trinajstić information content (AvgIpc) is 3.15. The molecule has 0 bridgehead atoms. The van der Waals surface area contributed by atoms with Gasteiger partial charge >= 0.3 is 0 Å². The molecule has 0 aromatic carbocycles. The fourth-order valence-electron chi connectivity index (χ4n) is 4.75. The summed E-state index contributed by atoms with van der Waals surface area (Å²) in [4.78, 5) is 24.8. The lowest BCUT2D eigenvalue weighted by Crippen LogP contribution is -2.40. The maximum Gasteiger partial charge on any atom is 0.149 e. The number of ketones is 1. The Kier molecular flexibility index (Phi) is 4.40. The highest BCUT2D eigenvalue weighted by Crippen LogP contribution is 2.40. The molecule has 5 nitrogen and oxygen atoms in total. The summed E-state index contributed by atoms with van der Waals surface area (Å²) in [6, 6.07) is 4.85. The second-order valence-corrected chi connectivity index (χ2v) is 8.18. The van der Waals surface area contributed by atoms with Gasteiger partial charge in [0.25, 0.3) is 0 Å². The topological polar surface area (TPSA) is 70.7 Å². The minimum atomic E-state index is 0.232. The summed E-state index contributed by atoms with van der Waals surface area (Å²) in [6.45, 7) is 0.563. The fraction of sp³-hybridized carbons (Fsp3) is 0.500. The molecule has 2 N–H and O–H groups in total. The van der Waals surface area contributed by atoms with Gasteiger partial charge in [-0.15, -0.1) is 0 Å². The van der Waals surface area contributed by atoms with Gasteiger partial charge in [-0.2, -0.15) is 0 Å². The highest BCUT2D eigenvalue weighted by molar-refractivity contribution is 6.05. The van der Waals surface area contributed by atoms with Gasteiger partial charge in [0.05, 0.1) is 18.3 Å². The van der Waals surface area contributed by atoms with E-state index < -0.39 is 0 Å².